The molecule has 0 amide bonds. The predicted molar refractivity (Wildman–Crippen MR) is 151 cm³/mol. The maximum absolute atomic E-state index is 13.6. The predicted octanol–water partition coefficient (Wildman–Crippen LogP) is 2.00. The highest BCUT2D eigenvalue weighted by atomic mass is 32.7. The minimum atomic E-state index is -4.01. The van der Waals surface area contributed by atoms with Gasteiger partial charge in [-0.2, -0.15) is 0 Å². The lowest BCUT2D eigenvalue weighted by Gasteiger charge is -2.33. The van der Waals surface area contributed by atoms with Gasteiger partial charge in [-0.15, -0.1) is 0 Å². The molecule has 8 rings (SSSR count). The normalized spacial score (nSPS) is 39.9. The van der Waals surface area contributed by atoms with Crippen LogP contribution in [0.1, 0.15) is 24.6 Å². The summed E-state index contributed by atoms with van der Waals surface area (Å²) in [6.07, 6.45) is 2.97. The maximum Gasteiger partial charge on any atom is 0.386 e. The smallest absolute Gasteiger partial charge is 0.367 e. The molecule has 4 aliphatic rings. The van der Waals surface area contributed by atoms with Crippen molar-refractivity contribution < 1.29 is 41.8 Å². The Morgan fingerprint density at radius 1 is 1.05 bits per heavy atom. The van der Waals surface area contributed by atoms with E-state index < -0.39 is 56.0 Å². The quantitative estimate of drug-likeness (QED) is 0.232. The Morgan fingerprint density at radius 2 is 1.88 bits per heavy atom. The molecule has 2 bridgehead atoms. The molecule has 0 aliphatic carbocycles. The summed E-state index contributed by atoms with van der Waals surface area (Å²) >= 11 is 9.68. The molecule has 4 aliphatic heterocycles. The van der Waals surface area contributed by atoms with Crippen molar-refractivity contribution in [2.75, 3.05) is 19.8 Å². The molecule has 21 heteroatoms. The molecule has 8 heterocycles. The van der Waals surface area contributed by atoms with Crippen LogP contribution >= 0.6 is 25.8 Å². The number of nitrogens with zero attached hydrogens (tertiary/aromatic N) is 8. The lowest BCUT2D eigenvalue weighted by atomic mass is 10.0. The zero-order valence-corrected chi connectivity index (χ0v) is 25.7. The summed E-state index contributed by atoms with van der Waals surface area (Å²) in [6.45, 7) is -6.64. The number of aromatic nitrogens is 8. The molecular weight excluding hydrogens is 646 g/mol. The summed E-state index contributed by atoms with van der Waals surface area (Å²) in [4.78, 5) is 36.7. The first kappa shape index (κ1) is 28.5. The molecule has 4 aromatic rings. The van der Waals surface area contributed by atoms with E-state index in [2.05, 4.69) is 42.2 Å². The summed E-state index contributed by atoms with van der Waals surface area (Å²) in [5.41, 5.74) is 1.57. The molecular formula is C22H24N8O9P2S2. The second-order valence-corrected chi connectivity index (χ2v) is 16.2. The second kappa shape index (κ2) is 10.3. The highest BCUT2D eigenvalue weighted by molar-refractivity contribution is 8.44. The van der Waals surface area contributed by atoms with Crippen LogP contribution in [-0.4, -0.2) is 93.8 Å². The van der Waals surface area contributed by atoms with Gasteiger partial charge in [-0.05, 0) is 18.7 Å². The van der Waals surface area contributed by atoms with Crippen LogP contribution in [0, 0.1) is 6.92 Å². The molecule has 0 aromatic carbocycles. The van der Waals surface area contributed by atoms with Crippen molar-refractivity contribution >= 4 is 59.9 Å². The Labute approximate surface area is 253 Å². The molecule has 4 fully saturated rings. The van der Waals surface area contributed by atoms with Gasteiger partial charge in [0.1, 0.15) is 59.9 Å². The summed E-state index contributed by atoms with van der Waals surface area (Å²) in [7, 11) is 0. The summed E-state index contributed by atoms with van der Waals surface area (Å²) in [6, 6.07) is 0. The van der Waals surface area contributed by atoms with Crippen LogP contribution in [0.3, 0.4) is 0 Å². The van der Waals surface area contributed by atoms with Crippen LogP contribution < -0.4 is 0 Å². The van der Waals surface area contributed by atoms with Crippen molar-refractivity contribution in [3.63, 3.8) is 0 Å². The van der Waals surface area contributed by atoms with Crippen molar-refractivity contribution in [1.29, 1.82) is 0 Å². The van der Waals surface area contributed by atoms with Gasteiger partial charge >= 0.3 is 13.5 Å². The minimum absolute atomic E-state index is 0.00458. The van der Waals surface area contributed by atoms with Gasteiger partial charge in [0.2, 0.25) is 0 Å². The molecule has 0 radical (unpaired) electrons. The molecule has 4 aromatic heterocycles. The van der Waals surface area contributed by atoms with E-state index in [1.54, 1.807) is 28.0 Å². The van der Waals surface area contributed by atoms with Crippen molar-refractivity contribution in [2.24, 2.45) is 0 Å². The first-order valence-electron chi connectivity index (χ1n) is 13.1. The van der Waals surface area contributed by atoms with Crippen molar-refractivity contribution in [3.05, 3.63) is 37.2 Å². The van der Waals surface area contributed by atoms with E-state index in [-0.39, 0.29) is 26.2 Å². The lowest BCUT2D eigenvalue weighted by molar-refractivity contribution is -0.183. The van der Waals surface area contributed by atoms with Gasteiger partial charge in [0.25, 0.3) is 0 Å². The first-order chi connectivity index (χ1) is 20.6. The topological polar surface area (TPSA) is 189 Å². The molecule has 228 valence electrons. The summed E-state index contributed by atoms with van der Waals surface area (Å²) in [5.74, 6) is 0. The SMILES string of the molecule is Cc1ncnc2c1ncn2[C@@H]1O[C@@]23CO[C@@H]1[C@@H]2OP(O)(=S)OC[C@H]1O[C@@H](n2cnc4cncnc42)C[C@@H]1OP(=O)(S)OC3. The Bertz CT molecular complexity index is 1830. The molecule has 0 spiro atoms. The number of hydrogen-bond donors (Lipinski definition) is 2. The van der Waals surface area contributed by atoms with Crippen molar-refractivity contribution in [1.82, 2.24) is 39.0 Å². The van der Waals surface area contributed by atoms with Crippen LogP contribution in [-0.2, 0) is 48.7 Å². The molecule has 17 nitrogen and oxygen atoms in total. The van der Waals surface area contributed by atoms with Crippen LogP contribution in [0.2, 0.25) is 0 Å². The summed E-state index contributed by atoms with van der Waals surface area (Å²) < 4.78 is 59.3. The van der Waals surface area contributed by atoms with Crippen molar-refractivity contribution in [3.8, 4) is 0 Å². The van der Waals surface area contributed by atoms with Crippen LogP contribution in [0.5, 0.6) is 0 Å². The molecule has 1 N–H and O–H groups in total. The number of rotatable bonds is 2. The Balaban J connectivity index is 1.09. The average Bonchev–Trinajstić information content (AvgIpc) is 3.78. The van der Waals surface area contributed by atoms with E-state index in [1.165, 1.54) is 12.7 Å². The van der Waals surface area contributed by atoms with Gasteiger partial charge < -0.3 is 23.6 Å². The first-order valence-corrected chi connectivity index (χ1v) is 18.4. The van der Waals surface area contributed by atoms with Gasteiger partial charge in [-0.25, -0.2) is 34.5 Å². The number of aryl methyl sites for hydroxylation is 1. The van der Waals surface area contributed by atoms with E-state index in [4.69, 9.17) is 44.1 Å². The molecule has 0 saturated carbocycles. The highest BCUT2D eigenvalue weighted by Gasteiger charge is 2.65. The fourth-order valence-electron chi connectivity index (χ4n) is 5.89. The molecule has 43 heavy (non-hydrogen) atoms. The van der Waals surface area contributed by atoms with Gasteiger partial charge in [0.05, 0.1) is 44.4 Å². The zero-order chi connectivity index (χ0) is 29.6. The number of fused-ring (bicyclic) bond motifs is 3. The second-order valence-electron chi connectivity index (χ2n) is 10.6. The molecule has 4 saturated heterocycles. The van der Waals surface area contributed by atoms with E-state index in [1.807, 2.05) is 6.92 Å². The number of hydrogen-bond acceptors (Lipinski definition) is 15. The van der Waals surface area contributed by atoms with Gasteiger partial charge in [-0.1, -0.05) is 12.2 Å². The fourth-order valence-corrected chi connectivity index (χ4v) is 8.89. The monoisotopic (exact) mass is 670 g/mol. The third kappa shape index (κ3) is 4.86. The zero-order valence-electron chi connectivity index (χ0n) is 22.2. The van der Waals surface area contributed by atoms with Gasteiger partial charge in [0.15, 0.2) is 17.5 Å². The third-order valence-corrected chi connectivity index (χ3v) is 11.1. The summed E-state index contributed by atoms with van der Waals surface area (Å²) in [5, 5.41) is 0. The average molecular weight is 671 g/mol. The Kier molecular flexibility index (Phi) is 6.80. The number of imidazole rings is 2. The van der Waals surface area contributed by atoms with E-state index in [9.17, 15) is 9.46 Å². The third-order valence-electron chi connectivity index (χ3n) is 7.91. The Morgan fingerprint density at radius 3 is 2.77 bits per heavy atom. The van der Waals surface area contributed by atoms with Gasteiger partial charge in [0, 0.05) is 6.42 Å². The van der Waals surface area contributed by atoms with E-state index >= 15 is 0 Å². The number of ether oxygens (including phenoxy) is 3. The van der Waals surface area contributed by atoms with Crippen molar-refractivity contribution in [2.45, 2.75) is 55.8 Å². The van der Waals surface area contributed by atoms with E-state index in [0.717, 1.165) is 0 Å². The maximum atomic E-state index is 13.6. The highest BCUT2D eigenvalue weighted by Crippen LogP contribution is 2.61. The fraction of sp³-hybridized carbons (Fsp3) is 0.545. The minimum Gasteiger partial charge on any atom is -0.367 e. The van der Waals surface area contributed by atoms with Gasteiger partial charge in [-0.3, -0.25) is 22.7 Å². The lowest BCUT2D eigenvalue weighted by Crippen LogP contribution is -2.46. The van der Waals surface area contributed by atoms with Crippen LogP contribution in [0.25, 0.3) is 22.3 Å². The van der Waals surface area contributed by atoms with E-state index in [0.29, 0.717) is 28.0 Å². The Hall–Kier alpha value is -1.99. The number of thiol groups is 1. The standard InChI is InChI=1S/C22H24N8O9P2S2/c1-11-16-20(26-8-24-11)30(10-28-16)21-17-18-22(37-21,5-33-17)6-35-41(32,43)38-13-2-15(36-14(13)4-34-40(31,42)39-18)29-9-27-12-3-23-7-25-19(12)29/h3,7-10,13-15,17-18,21H,2,4-6H2,1H3,(H,31,42)(H,32,43)/t13-,14+,15+,17+,18-,21+,22+,40?,41?/m0/s1. The molecule has 2 unspecified atom stereocenters. The largest absolute Gasteiger partial charge is 0.386 e. The van der Waals surface area contributed by atoms with Crippen LogP contribution in [0.15, 0.2) is 31.5 Å². The molecule has 9 atom stereocenters. The van der Waals surface area contributed by atoms with Crippen LogP contribution in [0.4, 0.5) is 0 Å².